The van der Waals surface area contributed by atoms with E-state index in [0.717, 1.165) is 38.4 Å². The minimum absolute atomic E-state index is 0.126. The lowest BCUT2D eigenvalue weighted by Gasteiger charge is -2.33. The number of ether oxygens (including phenoxy) is 2. The van der Waals surface area contributed by atoms with E-state index in [1.54, 1.807) is 6.07 Å². The first-order valence-corrected chi connectivity index (χ1v) is 8.28. The van der Waals surface area contributed by atoms with Gasteiger partial charge in [-0.15, -0.1) is 0 Å². The van der Waals surface area contributed by atoms with Crippen LogP contribution in [0.25, 0.3) is 0 Å². The Hall–Kier alpha value is -1.67. The monoisotopic (exact) mass is 336 g/mol. The Bertz CT molecular complexity index is 562. The fraction of sp³-hybridized carbons (Fsp3) is 0.588. The van der Waals surface area contributed by atoms with Crippen LogP contribution in [0.2, 0.25) is 0 Å². The maximum absolute atomic E-state index is 10.7. The highest BCUT2D eigenvalue weighted by molar-refractivity contribution is 5.68. The summed E-state index contributed by atoms with van der Waals surface area (Å²) in [6, 6.07) is 7.59. The molecule has 3 rings (SSSR count). The van der Waals surface area contributed by atoms with E-state index < -0.39 is 5.97 Å². The number of rotatable bonds is 6. The zero-order chi connectivity index (χ0) is 16.9. The van der Waals surface area contributed by atoms with Crippen molar-refractivity contribution in [3.63, 3.8) is 0 Å². The third-order valence-corrected chi connectivity index (χ3v) is 4.57. The summed E-state index contributed by atoms with van der Waals surface area (Å²) in [4.78, 5) is 15.2. The number of hydrogen-bond acceptors (Lipinski definition) is 6. The van der Waals surface area contributed by atoms with Crippen LogP contribution >= 0.6 is 0 Å². The fourth-order valence-electron chi connectivity index (χ4n) is 3.40. The number of aliphatic hydroxyl groups excluding tert-OH is 1. The molecule has 0 radical (unpaired) electrons. The number of aliphatic hydroxyl groups is 1. The quantitative estimate of drug-likeness (QED) is 0.758. The van der Waals surface area contributed by atoms with Crippen molar-refractivity contribution in [1.29, 1.82) is 0 Å². The van der Waals surface area contributed by atoms with Gasteiger partial charge in [-0.05, 0) is 6.07 Å². The van der Waals surface area contributed by atoms with Gasteiger partial charge in [0.25, 0.3) is 0 Å². The van der Waals surface area contributed by atoms with Crippen LogP contribution in [0.1, 0.15) is 5.56 Å². The van der Waals surface area contributed by atoms with Gasteiger partial charge in [0.2, 0.25) is 0 Å². The molecule has 2 atom stereocenters. The zero-order valence-electron chi connectivity index (χ0n) is 13.6. The number of carbonyl (C=O) groups is 1. The second-order valence-corrected chi connectivity index (χ2v) is 6.27. The van der Waals surface area contributed by atoms with Crippen molar-refractivity contribution in [3.8, 4) is 5.75 Å². The van der Waals surface area contributed by atoms with Gasteiger partial charge in [0.15, 0.2) is 6.61 Å². The smallest absolute Gasteiger partial charge is 0.341 e. The third kappa shape index (κ3) is 4.24. The molecule has 2 fully saturated rings. The Morgan fingerprint density at radius 2 is 2.00 bits per heavy atom. The van der Waals surface area contributed by atoms with Crippen molar-refractivity contribution in [3.05, 3.63) is 29.8 Å². The van der Waals surface area contributed by atoms with Gasteiger partial charge < -0.3 is 19.7 Å². The predicted molar refractivity (Wildman–Crippen MR) is 87.0 cm³/mol. The Morgan fingerprint density at radius 3 is 2.75 bits per heavy atom. The van der Waals surface area contributed by atoms with E-state index in [1.807, 2.05) is 18.2 Å². The summed E-state index contributed by atoms with van der Waals surface area (Å²) in [6.07, 6.45) is -0.379. The van der Waals surface area contributed by atoms with Crippen LogP contribution in [-0.2, 0) is 16.1 Å². The number of benzene rings is 1. The first-order chi connectivity index (χ1) is 11.6. The molecule has 0 bridgehead atoms. The molecular formula is C17H24N2O5. The van der Waals surface area contributed by atoms with E-state index in [2.05, 4.69) is 9.80 Å². The second-order valence-electron chi connectivity index (χ2n) is 6.27. The van der Waals surface area contributed by atoms with Crippen LogP contribution in [0, 0.1) is 0 Å². The first kappa shape index (κ1) is 17.2. The molecule has 1 aromatic carbocycles. The molecular weight excluding hydrogens is 312 g/mol. The van der Waals surface area contributed by atoms with Gasteiger partial charge in [-0.3, -0.25) is 9.80 Å². The molecule has 24 heavy (non-hydrogen) atoms. The van der Waals surface area contributed by atoms with Crippen LogP contribution in [0.4, 0.5) is 0 Å². The maximum Gasteiger partial charge on any atom is 0.341 e. The summed E-state index contributed by atoms with van der Waals surface area (Å²) in [5.41, 5.74) is 0.938. The summed E-state index contributed by atoms with van der Waals surface area (Å²) in [6.45, 7) is 4.82. The van der Waals surface area contributed by atoms with E-state index in [1.165, 1.54) is 0 Å². The van der Waals surface area contributed by atoms with Gasteiger partial charge in [0.1, 0.15) is 5.75 Å². The van der Waals surface area contributed by atoms with Gasteiger partial charge in [-0.1, -0.05) is 18.2 Å². The molecule has 2 N–H and O–H groups in total. The van der Waals surface area contributed by atoms with Crippen LogP contribution in [0.5, 0.6) is 5.75 Å². The Labute approximate surface area is 141 Å². The molecule has 0 aromatic heterocycles. The van der Waals surface area contributed by atoms with E-state index in [-0.39, 0.29) is 18.8 Å². The topological polar surface area (TPSA) is 82.5 Å². The highest BCUT2D eigenvalue weighted by Crippen LogP contribution is 2.24. The molecule has 0 amide bonds. The number of morpholine rings is 1. The standard InChI is InChI=1S/C17H24N2O5/c20-15-11-18(10-14(15)19-5-7-23-8-6-19)9-13-3-1-2-4-16(13)24-12-17(21)22/h1-4,14-15,20H,5-12H2,(H,21,22)/t14-,15-/m0/s1. The van der Waals surface area contributed by atoms with Crippen molar-refractivity contribution < 1.29 is 24.5 Å². The Kier molecular flexibility index (Phi) is 5.68. The SMILES string of the molecule is O=C(O)COc1ccccc1CN1C[C@H](O)[C@@H](N2CCOCC2)C1. The summed E-state index contributed by atoms with van der Waals surface area (Å²) in [7, 11) is 0. The molecule has 7 heteroatoms. The van der Waals surface area contributed by atoms with Gasteiger partial charge >= 0.3 is 5.97 Å². The zero-order valence-corrected chi connectivity index (χ0v) is 13.6. The van der Waals surface area contributed by atoms with Crippen LogP contribution in [0.3, 0.4) is 0 Å². The molecule has 0 spiro atoms. The number of carboxylic acids is 1. The summed E-state index contributed by atoms with van der Waals surface area (Å²) < 4.78 is 10.7. The van der Waals surface area contributed by atoms with Crippen molar-refractivity contribution >= 4 is 5.97 Å². The maximum atomic E-state index is 10.7. The van der Waals surface area contributed by atoms with Crippen molar-refractivity contribution in [2.24, 2.45) is 0 Å². The average molecular weight is 336 g/mol. The van der Waals surface area contributed by atoms with Crippen molar-refractivity contribution in [2.45, 2.75) is 18.7 Å². The van der Waals surface area contributed by atoms with Crippen molar-refractivity contribution in [1.82, 2.24) is 9.80 Å². The molecule has 0 unspecified atom stereocenters. The molecule has 1 aromatic rings. The molecule has 2 aliphatic heterocycles. The molecule has 2 heterocycles. The molecule has 132 valence electrons. The molecule has 2 saturated heterocycles. The average Bonchev–Trinajstić information content (AvgIpc) is 2.95. The van der Waals surface area contributed by atoms with E-state index >= 15 is 0 Å². The number of hydrogen-bond donors (Lipinski definition) is 2. The number of para-hydroxylation sites is 1. The number of aliphatic carboxylic acids is 1. The highest BCUT2D eigenvalue weighted by Gasteiger charge is 2.36. The van der Waals surface area contributed by atoms with E-state index in [4.69, 9.17) is 14.6 Å². The van der Waals surface area contributed by atoms with E-state index in [9.17, 15) is 9.90 Å². The number of carboxylic acid groups (broad SMARTS) is 1. The highest BCUT2D eigenvalue weighted by atomic mass is 16.5. The number of β-amino-alcohol motifs (C(OH)–C–C–N with tert-alkyl or cyclic N) is 1. The summed E-state index contributed by atoms with van der Waals surface area (Å²) >= 11 is 0. The van der Waals surface area contributed by atoms with E-state index in [0.29, 0.717) is 18.8 Å². The second kappa shape index (κ2) is 7.94. The van der Waals surface area contributed by atoms with Crippen LogP contribution in [-0.4, -0.2) is 84.1 Å². The lowest BCUT2D eigenvalue weighted by atomic mass is 10.1. The van der Waals surface area contributed by atoms with Crippen LogP contribution < -0.4 is 4.74 Å². The Morgan fingerprint density at radius 1 is 1.25 bits per heavy atom. The summed E-state index contributed by atoms with van der Waals surface area (Å²) in [5.74, 6) is -0.405. The fourth-order valence-corrected chi connectivity index (χ4v) is 3.40. The number of likely N-dealkylation sites (tertiary alicyclic amines) is 1. The lowest BCUT2D eigenvalue weighted by molar-refractivity contribution is -0.139. The predicted octanol–water partition coefficient (Wildman–Crippen LogP) is 0.0273. The number of nitrogens with zero attached hydrogens (tertiary/aromatic N) is 2. The van der Waals surface area contributed by atoms with Gasteiger partial charge in [-0.25, -0.2) is 4.79 Å². The van der Waals surface area contributed by atoms with Gasteiger partial charge in [0.05, 0.1) is 19.3 Å². The third-order valence-electron chi connectivity index (χ3n) is 4.57. The molecule has 0 saturated carbocycles. The van der Waals surface area contributed by atoms with Gasteiger partial charge in [0, 0.05) is 44.3 Å². The normalized spacial score (nSPS) is 25.7. The minimum atomic E-state index is -0.992. The summed E-state index contributed by atoms with van der Waals surface area (Å²) in [5, 5.41) is 19.2. The van der Waals surface area contributed by atoms with Crippen LogP contribution in [0.15, 0.2) is 24.3 Å². The molecule has 7 nitrogen and oxygen atoms in total. The Balaban J connectivity index is 1.61. The minimum Gasteiger partial charge on any atom is -0.482 e. The first-order valence-electron chi connectivity index (χ1n) is 8.28. The van der Waals surface area contributed by atoms with Gasteiger partial charge in [-0.2, -0.15) is 0 Å². The van der Waals surface area contributed by atoms with Crippen molar-refractivity contribution in [2.75, 3.05) is 46.0 Å². The molecule has 0 aliphatic carbocycles. The largest absolute Gasteiger partial charge is 0.482 e. The molecule has 2 aliphatic rings. The lowest BCUT2D eigenvalue weighted by Crippen LogP contribution is -2.48.